The number of nitrogens with zero attached hydrogens (tertiary/aromatic N) is 1. The number of nitrogens with one attached hydrogen (secondary N) is 2. The number of hydrogen-bond donors (Lipinski definition) is 3. The number of esters is 1. The van der Waals surface area contributed by atoms with E-state index in [2.05, 4.69) is 15.6 Å². The molecule has 1 aromatic heterocycles. The number of methoxy groups -OCH3 is 1. The van der Waals surface area contributed by atoms with Gasteiger partial charge in [0.05, 0.1) is 18.2 Å². The fourth-order valence-corrected chi connectivity index (χ4v) is 2.90. The molecule has 2 aromatic carbocycles. The number of benzene rings is 2. The Labute approximate surface area is 178 Å². The van der Waals surface area contributed by atoms with Gasteiger partial charge in [-0.15, -0.1) is 0 Å². The van der Waals surface area contributed by atoms with Gasteiger partial charge in [-0.1, -0.05) is 24.3 Å². The maximum Gasteiger partial charge on any atom is 0.328 e. The molecule has 3 aromatic rings. The molecule has 0 unspecified atom stereocenters. The summed E-state index contributed by atoms with van der Waals surface area (Å²) in [5, 5.41) is 15.1. The quantitative estimate of drug-likeness (QED) is 0.507. The molecule has 0 fully saturated rings. The van der Waals surface area contributed by atoms with Gasteiger partial charge in [-0.3, -0.25) is 14.6 Å². The predicted octanol–water partition coefficient (Wildman–Crippen LogP) is 2.55. The lowest BCUT2D eigenvalue weighted by Gasteiger charge is -2.17. The zero-order valence-electron chi connectivity index (χ0n) is 16.7. The molecule has 0 saturated heterocycles. The lowest BCUT2D eigenvalue weighted by Crippen LogP contribution is -2.43. The SMILES string of the molecule is COC(=O)[C@H](Cc1ccc(NC(=O)c2ccccc2O)cc1)NC(=O)c1cccnc1. The largest absolute Gasteiger partial charge is 0.507 e. The van der Waals surface area contributed by atoms with E-state index in [4.69, 9.17) is 4.74 Å². The fraction of sp³-hybridized carbons (Fsp3) is 0.130. The zero-order chi connectivity index (χ0) is 22.2. The van der Waals surface area contributed by atoms with E-state index in [0.717, 1.165) is 5.56 Å². The monoisotopic (exact) mass is 419 g/mol. The fourth-order valence-electron chi connectivity index (χ4n) is 2.90. The number of carbonyl (C=O) groups is 3. The predicted molar refractivity (Wildman–Crippen MR) is 114 cm³/mol. The topological polar surface area (TPSA) is 118 Å². The van der Waals surface area contributed by atoms with Crippen LogP contribution in [0.3, 0.4) is 0 Å². The average molecular weight is 419 g/mol. The number of para-hydroxylation sites is 1. The molecule has 0 saturated carbocycles. The molecule has 3 N–H and O–H groups in total. The Hall–Kier alpha value is -4.20. The third-order valence-corrected chi connectivity index (χ3v) is 4.52. The molecule has 2 amide bonds. The molecule has 8 heteroatoms. The molecule has 3 rings (SSSR count). The van der Waals surface area contributed by atoms with E-state index in [0.29, 0.717) is 11.3 Å². The minimum absolute atomic E-state index is 0.109. The summed E-state index contributed by atoms with van der Waals surface area (Å²) in [5.74, 6) is -1.56. The van der Waals surface area contributed by atoms with Gasteiger partial charge in [0, 0.05) is 24.5 Å². The van der Waals surface area contributed by atoms with Gasteiger partial charge in [-0.05, 0) is 42.0 Å². The lowest BCUT2D eigenvalue weighted by molar-refractivity contribution is -0.142. The molecule has 158 valence electrons. The molecule has 0 radical (unpaired) electrons. The van der Waals surface area contributed by atoms with Gasteiger partial charge in [0.25, 0.3) is 11.8 Å². The van der Waals surface area contributed by atoms with Gasteiger partial charge < -0.3 is 20.5 Å². The molecular formula is C23H21N3O5. The number of hydrogen-bond acceptors (Lipinski definition) is 6. The molecule has 31 heavy (non-hydrogen) atoms. The van der Waals surface area contributed by atoms with Gasteiger partial charge in [-0.25, -0.2) is 4.79 Å². The molecule has 0 bridgehead atoms. The van der Waals surface area contributed by atoms with E-state index < -0.39 is 23.8 Å². The highest BCUT2D eigenvalue weighted by Crippen LogP contribution is 2.18. The smallest absolute Gasteiger partial charge is 0.328 e. The van der Waals surface area contributed by atoms with Gasteiger partial charge in [-0.2, -0.15) is 0 Å². The Morgan fingerprint density at radius 1 is 1.00 bits per heavy atom. The Morgan fingerprint density at radius 3 is 2.39 bits per heavy atom. The first kappa shape index (κ1) is 21.5. The van der Waals surface area contributed by atoms with Crippen LogP contribution >= 0.6 is 0 Å². The number of phenolic OH excluding ortho intramolecular Hbond substituents is 1. The summed E-state index contributed by atoms with van der Waals surface area (Å²) in [6.45, 7) is 0. The van der Waals surface area contributed by atoms with Crippen molar-refractivity contribution >= 4 is 23.5 Å². The minimum atomic E-state index is -0.889. The minimum Gasteiger partial charge on any atom is -0.507 e. The molecule has 0 aliphatic carbocycles. The van der Waals surface area contributed by atoms with Crippen LogP contribution in [0, 0.1) is 0 Å². The number of aromatic hydroxyl groups is 1. The number of pyridine rings is 1. The van der Waals surface area contributed by atoms with Crippen molar-refractivity contribution in [1.29, 1.82) is 0 Å². The number of anilines is 1. The summed E-state index contributed by atoms with van der Waals surface area (Å²) in [6.07, 6.45) is 3.16. The number of amides is 2. The number of aromatic nitrogens is 1. The third-order valence-electron chi connectivity index (χ3n) is 4.52. The average Bonchev–Trinajstić information content (AvgIpc) is 2.80. The Kier molecular flexibility index (Phi) is 6.95. The lowest BCUT2D eigenvalue weighted by atomic mass is 10.0. The molecule has 0 aliphatic rings. The van der Waals surface area contributed by atoms with Crippen LogP contribution in [0.5, 0.6) is 5.75 Å². The van der Waals surface area contributed by atoms with E-state index in [1.54, 1.807) is 54.7 Å². The van der Waals surface area contributed by atoms with E-state index in [1.807, 2.05) is 0 Å². The highest BCUT2D eigenvalue weighted by Gasteiger charge is 2.23. The van der Waals surface area contributed by atoms with Crippen molar-refractivity contribution in [2.75, 3.05) is 12.4 Å². The van der Waals surface area contributed by atoms with Crippen molar-refractivity contribution in [1.82, 2.24) is 10.3 Å². The molecule has 1 atom stereocenters. The van der Waals surface area contributed by atoms with E-state index >= 15 is 0 Å². The first-order chi connectivity index (χ1) is 15.0. The first-order valence-electron chi connectivity index (χ1n) is 9.45. The normalized spacial score (nSPS) is 11.3. The van der Waals surface area contributed by atoms with E-state index in [9.17, 15) is 19.5 Å². The standard InChI is InChI=1S/C23H21N3O5/c1-31-23(30)19(26-21(28)16-5-4-12-24-14-16)13-15-8-10-17(11-9-15)25-22(29)18-6-2-3-7-20(18)27/h2-12,14,19,27H,13H2,1H3,(H,25,29)(H,26,28)/t19-/m0/s1. The van der Waals surface area contributed by atoms with E-state index in [1.165, 1.54) is 25.4 Å². The van der Waals surface area contributed by atoms with Crippen molar-refractivity contribution in [2.45, 2.75) is 12.5 Å². The number of phenols is 1. The Balaban J connectivity index is 1.67. The number of rotatable bonds is 7. The van der Waals surface area contributed by atoms with E-state index in [-0.39, 0.29) is 17.7 Å². The van der Waals surface area contributed by atoms with Crippen molar-refractivity contribution in [3.63, 3.8) is 0 Å². The Morgan fingerprint density at radius 2 is 1.74 bits per heavy atom. The van der Waals surface area contributed by atoms with Gasteiger partial charge >= 0.3 is 5.97 Å². The second kappa shape index (κ2) is 10.0. The van der Waals surface area contributed by atoms with Crippen molar-refractivity contribution < 1.29 is 24.2 Å². The van der Waals surface area contributed by atoms with Crippen LogP contribution in [0.1, 0.15) is 26.3 Å². The number of ether oxygens (including phenoxy) is 1. The molecule has 8 nitrogen and oxygen atoms in total. The first-order valence-corrected chi connectivity index (χ1v) is 9.45. The van der Waals surface area contributed by atoms with Gasteiger partial charge in [0.2, 0.25) is 0 Å². The summed E-state index contributed by atoms with van der Waals surface area (Å²) in [6, 6.07) is 15.4. The van der Waals surface area contributed by atoms with Crippen LogP contribution < -0.4 is 10.6 Å². The van der Waals surface area contributed by atoms with Crippen molar-refractivity contribution in [3.05, 3.63) is 89.7 Å². The van der Waals surface area contributed by atoms with Crippen molar-refractivity contribution in [2.24, 2.45) is 0 Å². The molecule has 0 spiro atoms. The molecular weight excluding hydrogens is 398 g/mol. The molecule has 1 heterocycles. The summed E-state index contributed by atoms with van der Waals surface area (Å²) in [4.78, 5) is 40.7. The zero-order valence-corrected chi connectivity index (χ0v) is 16.7. The van der Waals surface area contributed by atoms with Crippen LogP contribution in [0.4, 0.5) is 5.69 Å². The highest BCUT2D eigenvalue weighted by atomic mass is 16.5. The van der Waals surface area contributed by atoms with Crippen LogP contribution in [0.15, 0.2) is 73.1 Å². The maximum absolute atomic E-state index is 12.4. The molecule has 0 aliphatic heterocycles. The second-order valence-electron chi connectivity index (χ2n) is 6.66. The third kappa shape index (κ3) is 5.66. The highest BCUT2D eigenvalue weighted by molar-refractivity contribution is 6.06. The van der Waals surface area contributed by atoms with Gasteiger partial charge in [0.15, 0.2) is 0 Å². The van der Waals surface area contributed by atoms with Gasteiger partial charge in [0.1, 0.15) is 11.8 Å². The second-order valence-corrected chi connectivity index (χ2v) is 6.66. The van der Waals surface area contributed by atoms with Crippen LogP contribution in [-0.2, 0) is 16.0 Å². The maximum atomic E-state index is 12.4. The summed E-state index contributed by atoms with van der Waals surface area (Å²) < 4.78 is 4.81. The van der Waals surface area contributed by atoms with Crippen LogP contribution in [0.2, 0.25) is 0 Å². The van der Waals surface area contributed by atoms with Crippen molar-refractivity contribution in [3.8, 4) is 5.75 Å². The number of carbonyl (C=O) groups excluding carboxylic acids is 3. The van der Waals surface area contributed by atoms with Crippen LogP contribution in [0.25, 0.3) is 0 Å². The Bertz CT molecular complexity index is 1070. The summed E-state index contributed by atoms with van der Waals surface area (Å²) in [5.41, 5.74) is 1.77. The van der Waals surface area contributed by atoms with Crippen LogP contribution in [-0.4, -0.2) is 41.0 Å². The summed E-state index contributed by atoms with van der Waals surface area (Å²) >= 11 is 0. The summed E-state index contributed by atoms with van der Waals surface area (Å²) in [7, 11) is 1.25.